The van der Waals surface area contributed by atoms with Crippen LogP contribution >= 0.6 is 0 Å². The molecule has 0 saturated carbocycles. The van der Waals surface area contributed by atoms with Crippen molar-refractivity contribution in [2.24, 2.45) is 5.41 Å². The van der Waals surface area contributed by atoms with E-state index in [0.29, 0.717) is 5.41 Å². The van der Waals surface area contributed by atoms with E-state index in [1.807, 2.05) is 0 Å². The molecule has 1 radical (unpaired) electrons. The minimum absolute atomic E-state index is 0.470. The molecule has 0 amide bonds. The first-order valence-corrected chi connectivity index (χ1v) is 6.96. The highest BCUT2D eigenvalue weighted by atomic mass is 14.2. The first-order chi connectivity index (χ1) is 7.12. The predicted molar refractivity (Wildman–Crippen MR) is 71.0 cm³/mol. The molecule has 0 aliphatic heterocycles. The zero-order valence-electron chi connectivity index (χ0n) is 11.4. The van der Waals surface area contributed by atoms with Crippen molar-refractivity contribution in [1.82, 2.24) is 0 Å². The summed E-state index contributed by atoms with van der Waals surface area (Å²) < 4.78 is 0. The molecule has 0 aliphatic carbocycles. The molecule has 0 aromatic carbocycles. The van der Waals surface area contributed by atoms with E-state index < -0.39 is 0 Å². The average Bonchev–Trinajstić information content (AvgIpc) is 2.16. The Morgan fingerprint density at radius 1 is 0.800 bits per heavy atom. The standard InChI is InChI=1S/C15H31/c1-5-7-8-9-10-11-12-14-15(3,4)13-6-2/h13H,5-12,14H2,1-4H3. The molecule has 0 N–H and O–H groups in total. The van der Waals surface area contributed by atoms with Gasteiger partial charge in [0.2, 0.25) is 0 Å². The van der Waals surface area contributed by atoms with Crippen LogP contribution in [-0.2, 0) is 0 Å². The molecule has 0 heteroatoms. The fourth-order valence-electron chi connectivity index (χ4n) is 2.19. The van der Waals surface area contributed by atoms with Crippen LogP contribution < -0.4 is 0 Å². The van der Waals surface area contributed by atoms with Crippen LogP contribution in [0.15, 0.2) is 0 Å². The summed E-state index contributed by atoms with van der Waals surface area (Å²) in [7, 11) is 0. The zero-order valence-corrected chi connectivity index (χ0v) is 11.4. The van der Waals surface area contributed by atoms with E-state index in [1.54, 1.807) is 0 Å². The highest BCUT2D eigenvalue weighted by Gasteiger charge is 2.15. The smallest absolute Gasteiger partial charge is 0.0323 e. The van der Waals surface area contributed by atoms with Crippen molar-refractivity contribution in [2.75, 3.05) is 0 Å². The van der Waals surface area contributed by atoms with Gasteiger partial charge in [-0.15, -0.1) is 0 Å². The quantitative estimate of drug-likeness (QED) is 0.402. The molecule has 0 rings (SSSR count). The summed E-state index contributed by atoms with van der Waals surface area (Å²) in [5.41, 5.74) is 0.470. The van der Waals surface area contributed by atoms with Crippen LogP contribution in [0.2, 0.25) is 0 Å². The predicted octanol–water partition coefficient (Wildman–Crippen LogP) is 5.77. The third-order valence-electron chi connectivity index (χ3n) is 3.18. The van der Waals surface area contributed by atoms with Gasteiger partial charge in [0.1, 0.15) is 0 Å². The van der Waals surface area contributed by atoms with Crippen LogP contribution in [0, 0.1) is 11.8 Å². The number of hydrogen-bond acceptors (Lipinski definition) is 0. The van der Waals surface area contributed by atoms with E-state index >= 15 is 0 Å². The van der Waals surface area contributed by atoms with Crippen LogP contribution in [0.3, 0.4) is 0 Å². The monoisotopic (exact) mass is 211 g/mol. The molecular weight excluding hydrogens is 180 g/mol. The second-order valence-corrected chi connectivity index (χ2v) is 5.47. The van der Waals surface area contributed by atoms with Crippen LogP contribution in [0.5, 0.6) is 0 Å². The summed E-state index contributed by atoms with van der Waals surface area (Å²) in [5, 5.41) is 0. The van der Waals surface area contributed by atoms with Gasteiger partial charge >= 0.3 is 0 Å². The second kappa shape index (κ2) is 9.24. The normalized spacial score (nSPS) is 12.0. The Balaban J connectivity index is 3.22. The molecule has 0 atom stereocenters. The fourth-order valence-corrected chi connectivity index (χ4v) is 2.19. The van der Waals surface area contributed by atoms with Crippen molar-refractivity contribution in [3.8, 4) is 0 Å². The lowest BCUT2D eigenvalue weighted by atomic mass is 9.83. The van der Waals surface area contributed by atoms with Crippen LogP contribution in [0.4, 0.5) is 0 Å². The first kappa shape index (κ1) is 15.0. The zero-order chi connectivity index (χ0) is 11.6. The summed E-state index contributed by atoms with van der Waals surface area (Å²) in [6.45, 7) is 9.26. The van der Waals surface area contributed by atoms with Crippen molar-refractivity contribution < 1.29 is 0 Å². The number of rotatable bonds is 10. The molecule has 0 unspecified atom stereocenters. The molecule has 91 valence electrons. The molecule has 0 heterocycles. The fraction of sp³-hybridized carbons (Fsp3) is 0.933. The van der Waals surface area contributed by atoms with E-state index in [9.17, 15) is 0 Å². The van der Waals surface area contributed by atoms with Gasteiger partial charge in [0, 0.05) is 0 Å². The van der Waals surface area contributed by atoms with Gasteiger partial charge in [0.15, 0.2) is 0 Å². The summed E-state index contributed by atoms with van der Waals surface area (Å²) in [6, 6.07) is 0. The molecule has 0 aliphatic rings. The lowest BCUT2D eigenvalue weighted by molar-refractivity contribution is 0.368. The van der Waals surface area contributed by atoms with E-state index in [-0.39, 0.29) is 0 Å². The maximum atomic E-state index is 2.46. The van der Waals surface area contributed by atoms with Crippen LogP contribution in [0.1, 0.15) is 85.5 Å². The van der Waals surface area contributed by atoms with Crippen molar-refractivity contribution >= 4 is 0 Å². The Kier molecular flexibility index (Phi) is 9.24. The van der Waals surface area contributed by atoms with Crippen molar-refractivity contribution in [3.63, 3.8) is 0 Å². The molecule has 0 aromatic rings. The maximum Gasteiger partial charge on any atom is -0.0323 e. The highest BCUT2D eigenvalue weighted by Crippen LogP contribution is 2.28. The summed E-state index contributed by atoms with van der Waals surface area (Å²) in [5.74, 6) is 0. The highest BCUT2D eigenvalue weighted by molar-refractivity contribution is 4.83. The Hall–Kier alpha value is 0. The molecule has 0 aromatic heterocycles. The van der Waals surface area contributed by atoms with E-state index in [4.69, 9.17) is 0 Å². The van der Waals surface area contributed by atoms with E-state index in [1.165, 1.54) is 57.8 Å². The van der Waals surface area contributed by atoms with Gasteiger partial charge < -0.3 is 0 Å². The van der Waals surface area contributed by atoms with Crippen LogP contribution in [0.25, 0.3) is 0 Å². The number of hydrogen-bond donors (Lipinski definition) is 0. The molecular formula is C15H31. The van der Waals surface area contributed by atoms with Crippen molar-refractivity contribution in [3.05, 3.63) is 6.42 Å². The Labute approximate surface area is 97.8 Å². The van der Waals surface area contributed by atoms with Crippen molar-refractivity contribution in [1.29, 1.82) is 0 Å². The van der Waals surface area contributed by atoms with E-state index in [2.05, 4.69) is 34.1 Å². The molecule has 0 bridgehead atoms. The first-order valence-electron chi connectivity index (χ1n) is 6.96. The molecule has 0 spiro atoms. The average molecular weight is 211 g/mol. The third-order valence-corrected chi connectivity index (χ3v) is 3.18. The minimum Gasteiger partial charge on any atom is -0.0654 e. The summed E-state index contributed by atoms with van der Waals surface area (Å²) in [6.07, 6.45) is 15.0. The number of unbranched alkanes of at least 4 members (excludes halogenated alkanes) is 6. The van der Waals surface area contributed by atoms with Gasteiger partial charge in [-0.05, 0) is 18.3 Å². The van der Waals surface area contributed by atoms with Gasteiger partial charge in [-0.1, -0.05) is 79.1 Å². The lowest BCUT2D eigenvalue weighted by Gasteiger charge is -2.23. The van der Waals surface area contributed by atoms with Gasteiger partial charge in [-0.25, -0.2) is 0 Å². The van der Waals surface area contributed by atoms with E-state index in [0.717, 1.165) is 0 Å². The summed E-state index contributed by atoms with van der Waals surface area (Å²) >= 11 is 0. The third kappa shape index (κ3) is 10.3. The van der Waals surface area contributed by atoms with Gasteiger partial charge in [-0.3, -0.25) is 0 Å². The Morgan fingerprint density at radius 3 is 1.87 bits per heavy atom. The summed E-state index contributed by atoms with van der Waals surface area (Å²) in [4.78, 5) is 0. The van der Waals surface area contributed by atoms with Gasteiger partial charge in [0.05, 0.1) is 0 Å². The largest absolute Gasteiger partial charge is 0.0654 e. The topological polar surface area (TPSA) is 0 Å². The minimum atomic E-state index is 0.470. The molecule has 15 heavy (non-hydrogen) atoms. The van der Waals surface area contributed by atoms with Crippen molar-refractivity contribution in [2.45, 2.75) is 85.5 Å². The molecule has 0 fully saturated rings. The van der Waals surface area contributed by atoms with Gasteiger partial charge in [0.25, 0.3) is 0 Å². The van der Waals surface area contributed by atoms with Crippen LogP contribution in [-0.4, -0.2) is 0 Å². The second-order valence-electron chi connectivity index (χ2n) is 5.47. The molecule has 0 nitrogen and oxygen atoms in total. The lowest BCUT2D eigenvalue weighted by Crippen LogP contribution is -2.11. The maximum absolute atomic E-state index is 2.46. The SMILES string of the molecule is CC[CH]C(C)(C)CCCCCCCCC. The Morgan fingerprint density at radius 2 is 1.33 bits per heavy atom. The van der Waals surface area contributed by atoms with Gasteiger partial charge in [-0.2, -0.15) is 0 Å². The molecule has 0 saturated heterocycles. The Bertz CT molecular complexity index is 124.